The number of hydrogen-bond acceptors (Lipinski definition) is 20. The van der Waals surface area contributed by atoms with Crippen LogP contribution >= 0.6 is 0 Å². The van der Waals surface area contributed by atoms with Gasteiger partial charge >= 0.3 is 35.8 Å². The Hall–Kier alpha value is -4.28. The Balaban J connectivity index is -0.000000733. The van der Waals surface area contributed by atoms with Gasteiger partial charge in [-0.1, -0.05) is 6.92 Å². The molecule has 0 unspecified atom stereocenters. The molecule has 0 bridgehead atoms. The van der Waals surface area contributed by atoms with E-state index in [2.05, 4.69) is 14.2 Å². The van der Waals surface area contributed by atoms with Gasteiger partial charge in [-0.25, -0.2) is 28.8 Å². The number of ether oxygens (including phenoxy) is 12. The highest BCUT2D eigenvalue weighted by Gasteiger charge is 2.01. The smallest absolute Gasteiger partial charge is 0.331 e. The lowest BCUT2D eigenvalue weighted by Gasteiger charge is -2.06. The van der Waals surface area contributed by atoms with E-state index in [4.69, 9.17) is 52.8 Å². The molecule has 0 aromatic carbocycles. The van der Waals surface area contributed by atoms with Crippen molar-refractivity contribution < 1.29 is 95.8 Å². The molecule has 312 valence electrons. The fourth-order valence-electron chi connectivity index (χ4n) is 2.60. The van der Waals surface area contributed by atoms with Crippen LogP contribution in [0.15, 0.2) is 36.5 Å². The fraction of sp³-hybridized carbons (Fsp3) is 0.647. The predicted octanol–water partition coefficient (Wildman–Crippen LogP) is -0.729. The van der Waals surface area contributed by atoms with Crippen LogP contribution in [0.1, 0.15) is 13.3 Å². The summed E-state index contributed by atoms with van der Waals surface area (Å²) in [6, 6.07) is 0. The van der Waals surface area contributed by atoms with Gasteiger partial charge in [0, 0.05) is 43.1 Å². The Morgan fingerprint density at radius 2 is 0.574 bits per heavy atom. The zero-order valence-corrected chi connectivity index (χ0v) is 31.4. The molecular weight excluding hydrogens is 728 g/mol. The van der Waals surface area contributed by atoms with E-state index in [-0.39, 0.29) is 52.9 Å². The van der Waals surface area contributed by atoms with Crippen molar-refractivity contribution in [1.82, 2.24) is 0 Å². The first-order valence-corrected chi connectivity index (χ1v) is 16.6. The Bertz CT molecular complexity index is 1040. The summed E-state index contributed by atoms with van der Waals surface area (Å²) in [7, 11) is 3.66. The first kappa shape index (κ1) is 54.1. The molecule has 0 heterocycles. The molecule has 0 aliphatic heterocycles. The molecule has 20 nitrogen and oxygen atoms in total. The highest BCUT2D eigenvalue weighted by atomic mass is 16.6. The molecule has 20 heteroatoms. The van der Waals surface area contributed by atoms with Crippen molar-refractivity contribution in [3.05, 3.63) is 36.5 Å². The van der Waals surface area contributed by atoms with E-state index in [0.717, 1.165) is 42.9 Å². The third-order valence-corrected chi connectivity index (χ3v) is 5.02. The summed E-state index contributed by atoms with van der Waals surface area (Å²) >= 11 is 0. The molecule has 0 fully saturated rings. The number of carbonyl (C=O) groups excluding carboxylic acids is 6. The van der Waals surface area contributed by atoms with Crippen molar-refractivity contribution in [1.29, 1.82) is 0 Å². The topological polar surface area (TPSA) is 254 Å². The lowest BCUT2D eigenvalue weighted by atomic mass is 10.5. The van der Waals surface area contributed by atoms with Crippen LogP contribution in [0.5, 0.6) is 0 Å². The maximum absolute atomic E-state index is 11.1. The van der Waals surface area contributed by atoms with Crippen LogP contribution in [0, 0.1) is 0 Å². The summed E-state index contributed by atoms with van der Waals surface area (Å²) in [6.07, 6.45) is 6.89. The highest BCUT2D eigenvalue weighted by Crippen LogP contribution is 1.89. The van der Waals surface area contributed by atoms with Crippen LogP contribution < -0.4 is 0 Å². The molecule has 0 saturated heterocycles. The minimum absolute atomic E-state index is 0.00332. The quantitative estimate of drug-likeness (QED) is 0.0394. The second kappa shape index (κ2) is 44.9. The molecule has 0 aromatic heterocycles. The second-order valence-corrected chi connectivity index (χ2v) is 9.19. The first-order valence-electron chi connectivity index (χ1n) is 16.6. The van der Waals surface area contributed by atoms with Gasteiger partial charge in [-0.15, -0.1) is 0 Å². The molecular formula is C34H56O20. The van der Waals surface area contributed by atoms with Gasteiger partial charge in [0.25, 0.3) is 0 Å². The summed E-state index contributed by atoms with van der Waals surface area (Å²) in [5, 5.41) is 16.9. The molecule has 0 amide bonds. The van der Waals surface area contributed by atoms with E-state index in [1.165, 1.54) is 21.3 Å². The molecule has 0 atom stereocenters. The molecule has 0 spiro atoms. The molecule has 0 saturated carbocycles. The normalized spacial score (nSPS) is 10.6. The second-order valence-electron chi connectivity index (χ2n) is 9.19. The Labute approximate surface area is 315 Å². The van der Waals surface area contributed by atoms with Crippen LogP contribution in [0.2, 0.25) is 0 Å². The van der Waals surface area contributed by atoms with Gasteiger partial charge in [-0.2, -0.15) is 0 Å². The van der Waals surface area contributed by atoms with Crippen molar-refractivity contribution in [2.75, 3.05) is 134 Å². The van der Waals surface area contributed by atoms with Crippen LogP contribution in [0.3, 0.4) is 0 Å². The van der Waals surface area contributed by atoms with E-state index in [0.29, 0.717) is 59.5 Å². The van der Waals surface area contributed by atoms with Gasteiger partial charge in [-0.05, 0) is 6.42 Å². The number of methoxy groups -OCH3 is 3. The summed E-state index contributed by atoms with van der Waals surface area (Å²) < 4.78 is 57.6. The van der Waals surface area contributed by atoms with Crippen LogP contribution in [-0.2, 0) is 85.6 Å². The number of esters is 6. The average molecular weight is 785 g/mol. The average Bonchev–Trinajstić information content (AvgIpc) is 3.18. The van der Waals surface area contributed by atoms with Crippen molar-refractivity contribution in [2.24, 2.45) is 0 Å². The SMILES string of the molecule is CCCOCCOC(=O)/C=C/C(=O)OC.COC(=O)/C=C/C(=O)OCCOCCOCCO.COC(=O)/C=C/C(=O)OCCOCCOCCOCCO. The molecule has 0 aromatic rings. The molecule has 0 aliphatic carbocycles. The monoisotopic (exact) mass is 784 g/mol. The zero-order valence-electron chi connectivity index (χ0n) is 31.4. The zero-order chi connectivity index (χ0) is 40.9. The van der Waals surface area contributed by atoms with E-state index >= 15 is 0 Å². The summed E-state index contributed by atoms with van der Waals surface area (Å²) in [5.74, 6) is -3.69. The van der Waals surface area contributed by atoms with Gasteiger partial charge in [0.15, 0.2) is 0 Å². The molecule has 0 radical (unpaired) electrons. The van der Waals surface area contributed by atoms with Crippen LogP contribution in [-0.4, -0.2) is 180 Å². The summed E-state index contributed by atoms with van der Waals surface area (Å²) in [5.41, 5.74) is 0. The maximum atomic E-state index is 11.1. The number of hydrogen-bond donors (Lipinski definition) is 2. The number of aliphatic hydroxyl groups is 2. The lowest BCUT2D eigenvalue weighted by Crippen LogP contribution is -2.13. The lowest BCUT2D eigenvalue weighted by molar-refractivity contribution is -0.141. The van der Waals surface area contributed by atoms with Gasteiger partial charge in [0.1, 0.15) is 19.8 Å². The third-order valence-electron chi connectivity index (χ3n) is 5.02. The maximum Gasteiger partial charge on any atom is 0.331 e. The van der Waals surface area contributed by atoms with Crippen LogP contribution in [0.4, 0.5) is 0 Å². The van der Waals surface area contributed by atoms with Gasteiger partial charge in [-0.3, -0.25) is 0 Å². The fourth-order valence-corrected chi connectivity index (χ4v) is 2.60. The van der Waals surface area contributed by atoms with E-state index in [1.807, 2.05) is 6.92 Å². The van der Waals surface area contributed by atoms with E-state index < -0.39 is 35.8 Å². The Morgan fingerprint density at radius 1 is 0.352 bits per heavy atom. The van der Waals surface area contributed by atoms with Crippen molar-refractivity contribution in [3.8, 4) is 0 Å². The van der Waals surface area contributed by atoms with Gasteiger partial charge in [0.05, 0.1) is 107 Å². The Kier molecular flexibility index (Phi) is 44.9. The standard InChI is InChI=1S/C13H22O8.C11H18O7.C10H16O5/c1-17-12(15)2-3-13(16)21-11-10-20-9-8-19-7-6-18-5-4-14;1-15-10(13)2-3-11(14)18-9-8-17-7-6-16-5-4-12;1-3-6-14-7-8-15-10(12)5-4-9(11)13-2/h2-3,14H,4-11H2,1H3;2-3,12H,4-9H2,1H3;4-5H,3,6-8H2,1-2H3/b2*3-2+;5-4+. The highest BCUT2D eigenvalue weighted by molar-refractivity contribution is 5.92. The van der Waals surface area contributed by atoms with Crippen LogP contribution in [0.25, 0.3) is 0 Å². The van der Waals surface area contributed by atoms with E-state index in [9.17, 15) is 28.8 Å². The Morgan fingerprint density at radius 3 is 0.815 bits per heavy atom. The molecule has 0 rings (SSSR count). The molecule has 2 N–H and O–H groups in total. The van der Waals surface area contributed by atoms with E-state index in [1.54, 1.807) is 0 Å². The predicted molar refractivity (Wildman–Crippen MR) is 186 cm³/mol. The van der Waals surface area contributed by atoms with Gasteiger partial charge in [0.2, 0.25) is 0 Å². The molecule has 0 aliphatic rings. The summed E-state index contributed by atoms with van der Waals surface area (Å²) in [4.78, 5) is 65.0. The first-order chi connectivity index (χ1) is 26.1. The number of aliphatic hydroxyl groups excluding tert-OH is 2. The molecule has 54 heavy (non-hydrogen) atoms. The third kappa shape index (κ3) is 47.7. The number of carbonyl (C=O) groups is 6. The minimum atomic E-state index is -0.638. The van der Waals surface area contributed by atoms with Crippen molar-refractivity contribution in [2.45, 2.75) is 13.3 Å². The number of rotatable bonds is 30. The van der Waals surface area contributed by atoms with Crippen molar-refractivity contribution >= 4 is 35.8 Å². The van der Waals surface area contributed by atoms with Crippen molar-refractivity contribution in [3.63, 3.8) is 0 Å². The largest absolute Gasteiger partial charge is 0.466 e. The van der Waals surface area contributed by atoms with Gasteiger partial charge < -0.3 is 67.1 Å². The minimum Gasteiger partial charge on any atom is -0.466 e. The summed E-state index contributed by atoms with van der Waals surface area (Å²) in [6.45, 7) is 6.74.